The van der Waals surface area contributed by atoms with Crippen LogP contribution in [0.1, 0.15) is 46.0 Å². The highest BCUT2D eigenvalue weighted by Crippen LogP contribution is 2.42. The summed E-state index contributed by atoms with van der Waals surface area (Å²) in [5, 5.41) is 0.300. The molecular weight excluding hydrogens is 260 g/mol. The number of carbonyl (C=O) groups is 1. The first-order valence-electron chi connectivity index (χ1n) is 6.93. The van der Waals surface area contributed by atoms with Crippen LogP contribution in [-0.4, -0.2) is 36.3 Å². The van der Waals surface area contributed by atoms with Crippen molar-refractivity contribution in [1.29, 1.82) is 0 Å². The summed E-state index contributed by atoms with van der Waals surface area (Å²) < 4.78 is 11.3. The number of thioether (sulfide) groups is 1. The molecule has 0 aromatic carbocycles. The molecule has 0 heterocycles. The lowest BCUT2D eigenvalue weighted by atomic mass is 9.79. The molecule has 1 saturated carbocycles. The maximum absolute atomic E-state index is 11.9. The Morgan fingerprint density at radius 3 is 2.68 bits per heavy atom. The third-order valence-electron chi connectivity index (χ3n) is 3.89. The number of methoxy groups -OCH3 is 1. The fourth-order valence-electron chi connectivity index (χ4n) is 2.81. The first-order chi connectivity index (χ1) is 8.99. The van der Waals surface area contributed by atoms with Gasteiger partial charge in [0.1, 0.15) is 5.60 Å². The fraction of sp³-hybridized carbons (Fsp3) is 0.800. The predicted octanol–water partition coefficient (Wildman–Crippen LogP) is 3.58. The molecule has 110 valence electrons. The van der Waals surface area contributed by atoms with Crippen molar-refractivity contribution in [2.24, 2.45) is 0 Å². The predicted molar refractivity (Wildman–Crippen MR) is 80.5 cm³/mol. The molecule has 1 fully saturated rings. The van der Waals surface area contributed by atoms with Gasteiger partial charge in [0.25, 0.3) is 0 Å². The van der Waals surface area contributed by atoms with Crippen LogP contribution in [0.15, 0.2) is 12.2 Å². The van der Waals surface area contributed by atoms with E-state index in [1.165, 1.54) is 0 Å². The summed E-state index contributed by atoms with van der Waals surface area (Å²) in [4.78, 5) is 11.9. The van der Waals surface area contributed by atoms with Crippen LogP contribution in [0.25, 0.3) is 0 Å². The third-order valence-corrected chi connectivity index (χ3v) is 5.08. The standard InChI is InChI=1S/C15H26O3S/c1-6-8-15(18-14(16)11(2)3)9-7-12(17-4)10-13(15)19-5/h12-13H,2,6-10H2,1,3-5H3. The zero-order valence-electron chi connectivity index (χ0n) is 12.5. The van der Waals surface area contributed by atoms with Gasteiger partial charge in [0.2, 0.25) is 0 Å². The van der Waals surface area contributed by atoms with E-state index in [0.717, 1.165) is 32.1 Å². The van der Waals surface area contributed by atoms with Crippen molar-refractivity contribution in [3.05, 3.63) is 12.2 Å². The molecule has 0 aromatic heterocycles. The van der Waals surface area contributed by atoms with E-state index in [9.17, 15) is 4.79 Å². The molecule has 3 nitrogen and oxygen atoms in total. The lowest BCUT2D eigenvalue weighted by molar-refractivity contribution is -0.161. The lowest BCUT2D eigenvalue weighted by Crippen LogP contribution is -2.50. The number of hydrogen-bond donors (Lipinski definition) is 0. The van der Waals surface area contributed by atoms with Gasteiger partial charge in [-0.1, -0.05) is 19.9 Å². The number of hydrogen-bond acceptors (Lipinski definition) is 4. The SMILES string of the molecule is C=C(C)C(=O)OC1(CCC)CCC(OC)CC1SC. The maximum atomic E-state index is 11.9. The summed E-state index contributed by atoms with van der Waals surface area (Å²) in [5.74, 6) is -0.261. The van der Waals surface area contributed by atoms with Gasteiger partial charge in [-0.15, -0.1) is 0 Å². The number of ether oxygens (including phenoxy) is 2. The van der Waals surface area contributed by atoms with E-state index in [-0.39, 0.29) is 17.7 Å². The van der Waals surface area contributed by atoms with Crippen LogP contribution in [0.2, 0.25) is 0 Å². The van der Waals surface area contributed by atoms with E-state index in [2.05, 4.69) is 19.8 Å². The van der Waals surface area contributed by atoms with Gasteiger partial charge < -0.3 is 9.47 Å². The van der Waals surface area contributed by atoms with E-state index < -0.39 is 0 Å². The zero-order valence-corrected chi connectivity index (χ0v) is 13.3. The molecule has 0 amide bonds. The van der Waals surface area contributed by atoms with Crippen molar-refractivity contribution in [3.8, 4) is 0 Å². The molecule has 0 saturated heterocycles. The topological polar surface area (TPSA) is 35.5 Å². The third kappa shape index (κ3) is 3.99. The average molecular weight is 286 g/mol. The van der Waals surface area contributed by atoms with E-state index in [4.69, 9.17) is 9.47 Å². The van der Waals surface area contributed by atoms with Crippen molar-refractivity contribution in [2.45, 2.75) is 62.9 Å². The molecule has 3 atom stereocenters. The highest BCUT2D eigenvalue weighted by Gasteiger charge is 2.46. The molecule has 0 N–H and O–H groups in total. The van der Waals surface area contributed by atoms with Crippen LogP contribution in [-0.2, 0) is 14.3 Å². The Balaban J connectivity index is 2.89. The molecule has 1 aliphatic rings. The van der Waals surface area contributed by atoms with Crippen LogP contribution < -0.4 is 0 Å². The highest BCUT2D eigenvalue weighted by molar-refractivity contribution is 7.99. The second-order valence-electron chi connectivity index (χ2n) is 5.34. The van der Waals surface area contributed by atoms with E-state index in [1.807, 2.05) is 0 Å². The molecule has 4 heteroatoms. The Hall–Kier alpha value is -0.480. The van der Waals surface area contributed by atoms with E-state index in [1.54, 1.807) is 25.8 Å². The summed E-state index contributed by atoms with van der Waals surface area (Å²) in [6, 6.07) is 0. The van der Waals surface area contributed by atoms with Crippen LogP contribution in [0.4, 0.5) is 0 Å². The van der Waals surface area contributed by atoms with Gasteiger partial charge in [-0.05, 0) is 38.9 Å². The lowest BCUT2D eigenvalue weighted by Gasteiger charge is -2.45. The van der Waals surface area contributed by atoms with Crippen LogP contribution >= 0.6 is 11.8 Å². The monoisotopic (exact) mass is 286 g/mol. The van der Waals surface area contributed by atoms with Gasteiger partial charge in [-0.2, -0.15) is 11.8 Å². The molecule has 0 radical (unpaired) electrons. The van der Waals surface area contributed by atoms with E-state index in [0.29, 0.717) is 10.8 Å². The summed E-state index contributed by atoms with van der Waals surface area (Å²) in [5.41, 5.74) is 0.128. The summed E-state index contributed by atoms with van der Waals surface area (Å²) >= 11 is 1.78. The molecule has 0 aliphatic heterocycles. The second kappa shape index (κ2) is 7.34. The number of carbonyl (C=O) groups excluding carboxylic acids is 1. The minimum atomic E-state index is -0.348. The summed E-state index contributed by atoms with van der Waals surface area (Å²) in [6.07, 6.45) is 7.07. The average Bonchev–Trinajstić information content (AvgIpc) is 2.39. The van der Waals surface area contributed by atoms with E-state index >= 15 is 0 Å². The van der Waals surface area contributed by atoms with Gasteiger partial charge in [-0.25, -0.2) is 4.79 Å². The van der Waals surface area contributed by atoms with Crippen LogP contribution in [0.3, 0.4) is 0 Å². The Morgan fingerprint density at radius 2 is 2.21 bits per heavy atom. The van der Waals surface area contributed by atoms with Gasteiger partial charge in [0.05, 0.1) is 6.10 Å². The Labute approximate surface area is 121 Å². The molecule has 3 unspecified atom stereocenters. The summed E-state index contributed by atoms with van der Waals surface area (Å²) in [6.45, 7) is 7.53. The van der Waals surface area contributed by atoms with Gasteiger partial charge in [-0.3, -0.25) is 0 Å². The van der Waals surface area contributed by atoms with Crippen molar-refractivity contribution < 1.29 is 14.3 Å². The first kappa shape index (κ1) is 16.6. The first-order valence-corrected chi connectivity index (χ1v) is 8.22. The van der Waals surface area contributed by atoms with Gasteiger partial charge in [0, 0.05) is 17.9 Å². The van der Waals surface area contributed by atoms with Crippen LogP contribution in [0.5, 0.6) is 0 Å². The maximum Gasteiger partial charge on any atom is 0.333 e. The second-order valence-corrected chi connectivity index (χ2v) is 6.38. The molecule has 1 rings (SSSR count). The van der Waals surface area contributed by atoms with Gasteiger partial charge in [0.15, 0.2) is 0 Å². The minimum Gasteiger partial charge on any atom is -0.455 e. The normalized spacial score (nSPS) is 30.9. The quantitative estimate of drug-likeness (QED) is 0.552. The Bertz CT molecular complexity index is 329. The molecule has 1 aliphatic carbocycles. The zero-order chi connectivity index (χ0) is 14.5. The van der Waals surface area contributed by atoms with Crippen LogP contribution in [0, 0.1) is 0 Å². The Morgan fingerprint density at radius 1 is 1.53 bits per heavy atom. The smallest absolute Gasteiger partial charge is 0.333 e. The van der Waals surface area contributed by atoms with Crippen molar-refractivity contribution in [3.63, 3.8) is 0 Å². The molecule has 0 bridgehead atoms. The summed E-state index contributed by atoms with van der Waals surface area (Å²) in [7, 11) is 1.76. The largest absolute Gasteiger partial charge is 0.455 e. The minimum absolute atomic E-state index is 0.261. The molecule has 0 aromatic rings. The van der Waals surface area contributed by atoms with Crippen molar-refractivity contribution in [2.75, 3.05) is 13.4 Å². The van der Waals surface area contributed by atoms with Crippen molar-refractivity contribution in [1.82, 2.24) is 0 Å². The molecular formula is C15H26O3S. The fourth-order valence-corrected chi connectivity index (χ4v) is 3.93. The van der Waals surface area contributed by atoms with Gasteiger partial charge >= 0.3 is 5.97 Å². The number of rotatable bonds is 6. The number of esters is 1. The van der Waals surface area contributed by atoms with Crippen molar-refractivity contribution >= 4 is 17.7 Å². The molecule has 19 heavy (non-hydrogen) atoms. The highest BCUT2D eigenvalue weighted by atomic mass is 32.2. The molecule has 0 spiro atoms. The Kier molecular flexibility index (Phi) is 6.40.